The first-order valence-corrected chi connectivity index (χ1v) is 10.8. The van der Waals surface area contributed by atoms with Gasteiger partial charge in [-0.25, -0.2) is 9.78 Å². The normalized spacial score (nSPS) is 14.1. The number of carbonyl (C=O) groups is 2. The molecule has 5 rings (SSSR count). The smallest absolute Gasteiger partial charge is 0.321 e. The number of fused-ring (bicyclic) bond motifs is 1. The molecule has 0 atom stereocenters. The van der Waals surface area contributed by atoms with E-state index in [1.54, 1.807) is 33.3 Å². The highest BCUT2D eigenvalue weighted by molar-refractivity contribution is 7.21. The standard InChI is InChI=1S/C23H20N4O3S/c28-22(19-9-5-15-30-19)26-11-13-27(14-12-26)23(29)25-17-7-2-1-6-16(17)21-24-18-8-3-4-10-20(18)31-21/h1-10,15H,11-14H2,(H,25,29). The Balaban J connectivity index is 1.28. The molecule has 4 aromatic rings. The molecule has 8 heteroatoms. The van der Waals surface area contributed by atoms with Gasteiger partial charge in [0.05, 0.1) is 22.2 Å². The summed E-state index contributed by atoms with van der Waals surface area (Å²) in [6.45, 7) is 1.85. The molecular formula is C23H20N4O3S. The zero-order chi connectivity index (χ0) is 21.2. The Hall–Kier alpha value is -3.65. The van der Waals surface area contributed by atoms with E-state index < -0.39 is 0 Å². The van der Waals surface area contributed by atoms with Gasteiger partial charge in [-0.05, 0) is 36.4 Å². The fraction of sp³-hybridized carbons (Fsp3) is 0.174. The van der Waals surface area contributed by atoms with Crippen LogP contribution in [-0.4, -0.2) is 52.9 Å². The van der Waals surface area contributed by atoms with Gasteiger partial charge in [0.1, 0.15) is 5.01 Å². The lowest BCUT2D eigenvalue weighted by atomic mass is 10.2. The SMILES string of the molecule is O=C(Nc1ccccc1-c1nc2ccccc2s1)N1CCN(C(=O)c2ccco2)CC1. The summed E-state index contributed by atoms with van der Waals surface area (Å²) in [6.07, 6.45) is 1.49. The van der Waals surface area contributed by atoms with Crippen LogP contribution >= 0.6 is 11.3 Å². The molecule has 1 aliphatic rings. The topological polar surface area (TPSA) is 78.7 Å². The number of piperazine rings is 1. The number of nitrogens with zero attached hydrogens (tertiary/aromatic N) is 3. The van der Waals surface area contributed by atoms with Gasteiger partial charge in [0.15, 0.2) is 5.76 Å². The number of para-hydroxylation sites is 2. The summed E-state index contributed by atoms with van der Waals surface area (Å²) < 4.78 is 6.30. The highest BCUT2D eigenvalue weighted by Gasteiger charge is 2.26. The molecule has 2 aromatic carbocycles. The Labute approximate surface area is 182 Å². The third kappa shape index (κ3) is 3.89. The third-order valence-corrected chi connectivity index (χ3v) is 6.35. The number of hydrogen-bond donors (Lipinski definition) is 1. The maximum Gasteiger partial charge on any atom is 0.321 e. The lowest BCUT2D eigenvalue weighted by Crippen LogP contribution is -2.51. The number of amides is 3. The van der Waals surface area contributed by atoms with Crippen molar-refractivity contribution in [3.8, 4) is 10.6 Å². The summed E-state index contributed by atoms with van der Waals surface area (Å²) in [7, 11) is 0. The number of urea groups is 1. The minimum Gasteiger partial charge on any atom is -0.459 e. The van der Waals surface area contributed by atoms with Crippen LogP contribution in [0.1, 0.15) is 10.6 Å². The molecule has 0 radical (unpaired) electrons. The molecule has 0 saturated carbocycles. The number of rotatable bonds is 3. The first kappa shape index (κ1) is 19.3. The predicted molar refractivity (Wildman–Crippen MR) is 120 cm³/mol. The van der Waals surface area contributed by atoms with E-state index in [4.69, 9.17) is 9.40 Å². The van der Waals surface area contributed by atoms with Crippen LogP contribution in [0.15, 0.2) is 71.3 Å². The van der Waals surface area contributed by atoms with Crippen molar-refractivity contribution < 1.29 is 14.0 Å². The summed E-state index contributed by atoms with van der Waals surface area (Å²) in [5.41, 5.74) is 2.56. The Bertz CT molecular complexity index is 1190. The van der Waals surface area contributed by atoms with Crippen molar-refractivity contribution in [2.45, 2.75) is 0 Å². The molecule has 0 unspecified atom stereocenters. The Morgan fingerprint density at radius 2 is 1.65 bits per heavy atom. The lowest BCUT2D eigenvalue weighted by molar-refractivity contribution is 0.0640. The lowest BCUT2D eigenvalue weighted by Gasteiger charge is -2.34. The van der Waals surface area contributed by atoms with Crippen LogP contribution in [0.2, 0.25) is 0 Å². The summed E-state index contributed by atoms with van der Waals surface area (Å²) in [6, 6.07) is 18.8. The molecule has 156 valence electrons. The summed E-state index contributed by atoms with van der Waals surface area (Å²) >= 11 is 1.60. The number of anilines is 1. The number of furan rings is 1. The van der Waals surface area contributed by atoms with Crippen LogP contribution in [0, 0.1) is 0 Å². The first-order chi connectivity index (χ1) is 15.2. The zero-order valence-corrected chi connectivity index (χ0v) is 17.5. The molecule has 3 heterocycles. The summed E-state index contributed by atoms with van der Waals surface area (Å²) in [4.78, 5) is 33.5. The van der Waals surface area contributed by atoms with Gasteiger partial charge in [-0.1, -0.05) is 24.3 Å². The van der Waals surface area contributed by atoms with Crippen LogP contribution in [-0.2, 0) is 0 Å². The molecule has 1 aliphatic heterocycles. The second kappa shape index (κ2) is 8.23. The second-order valence-electron chi connectivity index (χ2n) is 7.22. The van der Waals surface area contributed by atoms with Gasteiger partial charge in [0.25, 0.3) is 5.91 Å². The fourth-order valence-electron chi connectivity index (χ4n) is 3.63. The van der Waals surface area contributed by atoms with Gasteiger partial charge in [-0.2, -0.15) is 0 Å². The summed E-state index contributed by atoms with van der Waals surface area (Å²) in [5, 5.41) is 3.89. The predicted octanol–water partition coefficient (Wildman–Crippen LogP) is 4.55. The molecule has 1 fully saturated rings. The number of nitrogens with one attached hydrogen (secondary N) is 1. The Morgan fingerprint density at radius 1 is 0.903 bits per heavy atom. The third-order valence-electron chi connectivity index (χ3n) is 5.28. The zero-order valence-electron chi connectivity index (χ0n) is 16.7. The average molecular weight is 433 g/mol. The minimum atomic E-state index is -0.182. The minimum absolute atomic E-state index is 0.147. The van der Waals surface area contributed by atoms with Gasteiger partial charge < -0.3 is 19.5 Å². The van der Waals surface area contributed by atoms with Crippen LogP contribution in [0.5, 0.6) is 0 Å². The molecule has 3 amide bonds. The van der Waals surface area contributed by atoms with Crippen molar-refractivity contribution in [1.29, 1.82) is 0 Å². The number of carbonyl (C=O) groups excluding carboxylic acids is 2. The van der Waals surface area contributed by atoms with Crippen molar-refractivity contribution in [2.75, 3.05) is 31.5 Å². The van der Waals surface area contributed by atoms with Gasteiger partial charge in [0.2, 0.25) is 0 Å². The number of thiazole rings is 1. The van der Waals surface area contributed by atoms with E-state index in [0.717, 1.165) is 26.5 Å². The van der Waals surface area contributed by atoms with Crippen LogP contribution in [0.4, 0.5) is 10.5 Å². The second-order valence-corrected chi connectivity index (χ2v) is 8.25. The van der Waals surface area contributed by atoms with Gasteiger partial charge in [-0.15, -0.1) is 11.3 Å². The number of hydrogen-bond acceptors (Lipinski definition) is 5. The molecule has 0 bridgehead atoms. The van der Waals surface area contributed by atoms with Crippen molar-refractivity contribution in [1.82, 2.24) is 14.8 Å². The largest absolute Gasteiger partial charge is 0.459 e. The molecule has 1 N–H and O–H groups in total. The van der Waals surface area contributed by atoms with Crippen molar-refractivity contribution in [3.63, 3.8) is 0 Å². The van der Waals surface area contributed by atoms with E-state index in [-0.39, 0.29) is 11.9 Å². The van der Waals surface area contributed by atoms with E-state index in [2.05, 4.69) is 5.32 Å². The fourth-order valence-corrected chi connectivity index (χ4v) is 4.63. The van der Waals surface area contributed by atoms with Gasteiger partial charge >= 0.3 is 6.03 Å². The highest BCUT2D eigenvalue weighted by atomic mass is 32.1. The van der Waals surface area contributed by atoms with Gasteiger partial charge in [-0.3, -0.25) is 4.79 Å². The summed E-state index contributed by atoms with van der Waals surface area (Å²) in [5.74, 6) is 0.175. The van der Waals surface area contributed by atoms with E-state index in [1.807, 2.05) is 48.5 Å². The van der Waals surface area contributed by atoms with Crippen LogP contribution < -0.4 is 5.32 Å². The average Bonchev–Trinajstić information content (AvgIpc) is 3.49. The van der Waals surface area contributed by atoms with Crippen molar-refractivity contribution in [2.24, 2.45) is 0 Å². The maximum absolute atomic E-state index is 12.9. The maximum atomic E-state index is 12.9. The first-order valence-electron chi connectivity index (χ1n) is 10.0. The number of aromatic nitrogens is 1. The molecule has 0 aliphatic carbocycles. The van der Waals surface area contributed by atoms with Crippen LogP contribution in [0.25, 0.3) is 20.8 Å². The molecule has 2 aromatic heterocycles. The monoisotopic (exact) mass is 432 g/mol. The molecule has 31 heavy (non-hydrogen) atoms. The van der Waals surface area contributed by atoms with Crippen molar-refractivity contribution in [3.05, 3.63) is 72.7 Å². The Kier molecular flexibility index (Phi) is 5.13. The molecular weight excluding hydrogens is 412 g/mol. The van der Waals surface area contributed by atoms with Crippen LogP contribution in [0.3, 0.4) is 0 Å². The van der Waals surface area contributed by atoms with E-state index in [9.17, 15) is 9.59 Å². The molecule has 0 spiro atoms. The highest BCUT2D eigenvalue weighted by Crippen LogP contribution is 2.34. The van der Waals surface area contributed by atoms with Crippen molar-refractivity contribution >= 4 is 39.2 Å². The quantitative estimate of drug-likeness (QED) is 0.515. The number of benzene rings is 2. The van der Waals surface area contributed by atoms with E-state index >= 15 is 0 Å². The van der Waals surface area contributed by atoms with E-state index in [1.165, 1.54) is 6.26 Å². The Morgan fingerprint density at radius 3 is 2.42 bits per heavy atom. The van der Waals surface area contributed by atoms with Gasteiger partial charge in [0, 0.05) is 31.7 Å². The molecule has 7 nitrogen and oxygen atoms in total. The van der Waals surface area contributed by atoms with E-state index in [0.29, 0.717) is 31.9 Å². The molecule has 1 saturated heterocycles.